The van der Waals surface area contributed by atoms with Crippen LogP contribution in [0.1, 0.15) is 16.7 Å². The van der Waals surface area contributed by atoms with E-state index in [2.05, 4.69) is 34.2 Å². The Morgan fingerprint density at radius 3 is 1.21 bits per heavy atom. The zero-order valence-electron chi connectivity index (χ0n) is 34.3. The fourth-order valence-corrected chi connectivity index (χ4v) is 3.25. The molecule has 308 valence electrons. The van der Waals surface area contributed by atoms with Crippen LogP contribution in [0.4, 0.5) is 5.69 Å². The Morgan fingerprint density at radius 2 is 0.857 bits per heavy atom. The first-order valence-corrected chi connectivity index (χ1v) is 16.7. The molecule has 15 nitrogen and oxygen atoms in total. The van der Waals surface area contributed by atoms with Crippen LogP contribution in [0.3, 0.4) is 0 Å². The van der Waals surface area contributed by atoms with Gasteiger partial charge in [-0.25, -0.2) is 0 Å². The average Bonchev–Trinajstić information content (AvgIpc) is 3.15. The van der Waals surface area contributed by atoms with E-state index in [1.165, 1.54) is 6.21 Å². The maximum atomic E-state index is 11.7. The number of rotatable bonds is 10. The molecule has 4 aromatic rings. The van der Waals surface area contributed by atoms with Crippen LogP contribution in [0.15, 0.2) is 137 Å². The van der Waals surface area contributed by atoms with Crippen molar-refractivity contribution in [1.82, 2.24) is 0 Å². The molecule has 0 saturated heterocycles. The van der Waals surface area contributed by atoms with Crippen LogP contribution in [0.5, 0.6) is 0 Å². The predicted molar refractivity (Wildman–Crippen MR) is 222 cm³/mol. The first kappa shape index (κ1) is 56.9. The number of benzene rings is 4. The Balaban J connectivity index is -0.000000329. The van der Waals surface area contributed by atoms with Crippen LogP contribution in [-0.2, 0) is 47.9 Å². The summed E-state index contributed by atoms with van der Waals surface area (Å²) in [6.45, 7) is 0.686. The molecule has 0 N–H and O–H groups in total. The molecule has 0 spiro atoms. The van der Waals surface area contributed by atoms with E-state index in [1.54, 1.807) is 56.9 Å². The molecule has 0 fully saturated rings. The van der Waals surface area contributed by atoms with Gasteiger partial charge in [-0.1, -0.05) is 109 Å². The highest BCUT2D eigenvalue weighted by Gasteiger charge is 2.02. The number of carbonyl (C=O) groups is 2. The van der Waals surface area contributed by atoms with Gasteiger partial charge in [0.15, 0.2) is 25.7 Å². The smallest absolute Gasteiger partial charge is 0.194 e. The molecule has 15 heteroatoms. The van der Waals surface area contributed by atoms with Gasteiger partial charge in [0.05, 0.1) is 18.4 Å². The highest BCUT2D eigenvalue weighted by molar-refractivity contribution is 6.28. The van der Waals surface area contributed by atoms with Gasteiger partial charge in [0.1, 0.15) is 6.54 Å². The number of carbonyl (C=O) groups excluding carboxylic acids is 2. The van der Waals surface area contributed by atoms with Gasteiger partial charge in [0, 0.05) is 79.6 Å². The lowest BCUT2D eigenvalue weighted by Gasteiger charge is -1.97. The van der Waals surface area contributed by atoms with Crippen molar-refractivity contribution in [3.63, 3.8) is 0 Å². The van der Waals surface area contributed by atoms with Gasteiger partial charge >= 0.3 is 0 Å². The van der Waals surface area contributed by atoms with Gasteiger partial charge in [0.2, 0.25) is 0 Å². The lowest BCUT2D eigenvalue weighted by Crippen LogP contribution is -2.05. The Bertz CT molecular complexity index is 1500. The minimum Gasteiger partial charge on any atom is -0.388 e. The molecule has 0 radical (unpaired) electrons. The summed E-state index contributed by atoms with van der Waals surface area (Å²) in [7, 11) is 14.8. The third-order valence-electron chi connectivity index (χ3n) is 5.01. The van der Waals surface area contributed by atoms with Crippen LogP contribution in [-0.4, -0.2) is 105 Å². The number of azo groups is 1. The van der Waals surface area contributed by atoms with Crippen LogP contribution in [0.25, 0.3) is 0 Å². The summed E-state index contributed by atoms with van der Waals surface area (Å²) >= 11 is 0. The van der Waals surface area contributed by atoms with E-state index in [0.29, 0.717) is 19.4 Å². The number of methoxy groups -OCH3 is 4. The molecule has 0 atom stereocenters. The van der Waals surface area contributed by atoms with Crippen molar-refractivity contribution in [2.24, 2.45) is 15.2 Å². The zero-order chi connectivity index (χ0) is 43.2. The molecule has 0 aliphatic carbocycles. The summed E-state index contributed by atoms with van der Waals surface area (Å²) in [6, 6.07) is 38.7. The van der Waals surface area contributed by atoms with E-state index in [9.17, 15) is 9.59 Å². The van der Waals surface area contributed by atoms with Gasteiger partial charge in [-0.05, 0) is 28.8 Å². The minimum absolute atomic E-state index is 0.0390. The van der Waals surface area contributed by atoms with E-state index in [0.717, 1.165) is 36.5 Å². The Kier molecular flexibility index (Phi) is 46.0. The minimum atomic E-state index is -0.500. The first-order chi connectivity index (χ1) is 26.8. The molecule has 0 bridgehead atoms. The number of ketones is 2. The van der Waals surface area contributed by atoms with E-state index in [1.807, 2.05) is 121 Å². The lowest BCUT2D eigenvalue weighted by molar-refractivity contribution is -0.445. The van der Waals surface area contributed by atoms with Crippen molar-refractivity contribution in [3.05, 3.63) is 158 Å². The zero-order valence-corrected chi connectivity index (χ0v) is 34.3. The monoisotopic (exact) mass is 781 g/mol. The van der Waals surface area contributed by atoms with E-state index >= 15 is 0 Å². The SMILES string of the molecule is COC.COC.COC.COC.C[N+](=O)[O-].C[N+](=O)[O-].O=C(C=NCc1ccccc1)Cc1ccccc1.O=C(CN=Nc1ccccc1)Cc1ccccc1. The second-order valence-corrected chi connectivity index (χ2v) is 10.5. The number of nitrogens with zero attached hydrogens (tertiary/aromatic N) is 5. The van der Waals surface area contributed by atoms with Gasteiger partial charge < -0.3 is 18.9 Å². The molecular weight excluding hydrogens is 722 g/mol. The van der Waals surface area contributed by atoms with Crippen molar-refractivity contribution >= 4 is 23.5 Å². The van der Waals surface area contributed by atoms with Crippen molar-refractivity contribution in [2.45, 2.75) is 19.4 Å². The third kappa shape index (κ3) is 50.2. The molecule has 0 unspecified atom stereocenters. The molecule has 0 heterocycles. The Hall–Kier alpha value is -5.87. The average molecular weight is 782 g/mol. The standard InChI is InChI=1S/C16H15NO.C15H14N2O.4C2H6O.2CH3NO2/c18-16(11-14-7-3-1-4-8-14)13-17-12-15-9-5-2-6-10-15;18-15(11-13-7-3-1-4-8-13)12-16-17-14-9-5-2-6-10-14;4*1-3-2;2*1-2(3)4/h1-10,13H,11-12H2;1-10H,11-12H2;4*1-2H3;2*1H3. The van der Waals surface area contributed by atoms with E-state index < -0.39 is 9.85 Å². The highest BCUT2D eigenvalue weighted by atomic mass is 16.6. The second-order valence-electron chi connectivity index (χ2n) is 10.5. The van der Waals surface area contributed by atoms with Crippen LogP contribution in [0, 0.1) is 20.2 Å². The summed E-state index contributed by atoms with van der Waals surface area (Å²) in [5, 5.41) is 25.5. The number of hydrogen-bond acceptors (Lipinski definition) is 13. The molecule has 4 aromatic carbocycles. The van der Waals surface area contributed by atoms with Gasteiger partial charge in [0.25, 0.3) is 0 Å². The van der Waals surface area contributed by atoms with Gasteiger partial charge in [-0.2, -0.15) is 10.2 Å². The fraction of sp³-hybridized carbons (Fsp3) is 0.341. The normalized spacial score (nSPS) is 9.04. The topological polar surface area (TPSA) is 194 Å². The van der Waals surface area contributed by atoms with E-state index in [4.69, 9.17) is 20.2 Å². The van der Waals surface area contributed by atoms with Crippen molar-refractivity contribution in [3.8, 4) is 0 Å². The first-order valence-electron chi connectivity index (χ1n) is 16.7. The predicted octanol–water partition coefficient (Wildman–Crippen LogP) is 7.49. The summed E-state index contributed by atoms with van der Waals surface area (Å²) in [5.74, 6) is 0.109. The van der Waals surface area contributed by atoms with Crippen molar-refractivity contribution < 1.29 is 38.4 Å². The van der Waals surface area contributed by atoms with Crippen molar-refractivity contribution in [1.29, 1.82) is 0 Å². The second kappa shape index (κ2) is 45.3. The summed E-state index contributed by atoms with van der Waals surface area (Å²) in [6.07, 6.45) is 2.26. The summed E-state index contributed by atoms with van der Waals surface area (Å²) in [5.41, 5.74) is 3.91. The quantitative estimate of drug-likeness (QED) is 0.0673. The number of Topliss-reactive ketones (excluding diaryl/α,β-unsaturated/α-hetero) is 2. The molecular formula is C41H59N5O10. The maximum Gasteiger partial charge on any atom is 0.194 e. The Morgan fingerprint density at radius 1 is 0.554 bits per heavy atom. The largest absolute Gasteiger partial charge is 0.388 e. The molecule has 0 aliphatic heterocycles. The third-order valence-corrected chi connectivity index (χ3v) is 5.01. The van der Waals surface area contributed by atoms with Crippen LogP contribution < -0.4 is 0 Å². The van der Waals surface area contributed by atoms with Gasteiger partial charge in [-0.15, -0.1) is 0 Å². The lowest BCUT2D eigenvalue weighted by atomic mass is 10.1. The number of nitro groups is 2. The molecule has 0 saturated carbocycles. The number of aliphatic imine (C=N–C) groups is 1. The molecule has 4 rings (SSSR count). The molecule has 56 heavy (non-hydrogen) atoms. The summed E-state index contributed by atoms with van der Waals surface area (Å²) < 4.78 is 17.0. The number of hydrogen-bond donors (Lipinski definition) is 0. The molecule has 0 amide bonds. The fourth-order valence-electron chi connectivity index (χ4n) is 3.25. The molecule has 0 aromatic heterocycles. The number of ether oxygens (including phenoxy) is 4. The summed E-state index contributed by atoms with van der Waals surface area (Å²) in [4.78, 5) is 44.1. The van der Waals surface area contributed by atoms with E-state index in [-0.39, 0.29) is 18.1 Å². The maximum absolute atomic E-state index is 11.7. The van der Waals surface area contributed by atoms with Crippen LogP contribution in [0.2, 0.25) is 0 Å². The van der Waals surface area contributed by atoms with Crippen LogP contribution >= 0.6 is 0 Å². The Labute approximate surface area is 331 Å². The molecule has 0 aliphatic rings. The highest BCUT2D eigenvalue weighted by Crippen LogP contribution is 2.10. The van der Waals surface area contributed by atoms with Crippen molar-refractivity contribution in [2.75, 3.05) is 77.5 Å². The van der Waals surface area contributed by atoms with Gasteiger partial charge in [-0.3, -0.25) is 34.8 Å².